The fourth-order valence-electron chi connectivity index (χ4n) is 13.0. The van der Waals surface area contributed by atoms with Crippen LogP contribution in [0.3, 0.4) is 0 Å². The highest BCUT2D eigenvalue weighted by Gasteiger charge is 2.31. The third kappa shape index (κ3) is 45.1. The van der Waals surface area contributed by atoms with Crippen molar-refractivity contribution in [2.24, 2.45) is 0 Å². The van der Waals surface area contributed by atoms with Gasteiger partial charge >= 0.3 is 47.8 Å². The Kier molecular flexibility index (Phi) is 56.2. The van der Waals surface area contributed by atoms with Gasteiger partial charge in [-0.05, 0) is 109 Å². The number of carboxylic acids is 8. The summed E-state index contributed by atoms with van der Waals surface area (Å²) < 4.78 is 0. The second kappa shape index (κ2) is 63.8. The van der Waals surface area contributed by atoms with E-state index in [1.807, 2.05) is 12.1 Å². The number of thiol groups is 2. The molecule has 0 radical (unpaired) electrons. The molecule has 14 N–H and O–H groups in total. The largest absolute Gasteiger partial charge is 0.480 e. The highest BCUT2D eigenvalue weighted by molar-refractivity contribution is 8.77. The van der Waals surface area contributed by atoms with Crippen molar-refractivity contribution in [3.8, 4) is 0 Å². The molecule has 0 aliphatic heterocycles. The number of carboxylic acid groups (broad SMARTS) is 8. The van der Waals surface area contributed by atoms with Gasteiger partial charge in [0.25, 0.3) is 35.4 Å². The van der Waals surface area contributed by atoms with E-state index in [1.165, 1.54) is 175 Å². The van der Waals surface area contributed by atoms with Crippen LogP contribution in [0.1, 0.15) is 312 Å². The van der Waals surface area contributed by atoms with Crippen LogP contribution in [-0.2, 0) is 53.1 Å². The first-order valence-corrected chi connectivity index (χ1v) is 53.5. The van der Waals surface area contributed by atoms with E-state index in [0.29, 0.717) is 45.6 Å². The van der Waals surface area contributed by atoms with E-state index in [0.717, 1.165) is 142 Å². The molecular weight excluding hydrogens is 1790 g/mol. The number of benzene rings is 4. The Morgan fingerprint density at radius 2 is 0.427 bits per heavy atom. The number of carbonyl (C=O) groups is 14. The van der Waals surface area contributed by atoms with E-state index in [1.54, 1.807) is 12.1 Å². The van der Waals surface area contributed by atoms with Crippen molar-refractivity contribution in [3.05, 3.63) is 140 Å². The molecule has 0 heterocycles. The summed E-state index contributed by atoms with van der Waals surface area (Å²) in [5.74, 6) is -19.9. The average Bonchev–Trinajstić information content (AvgIpc) is 0.819. The van der Waals surface area contributed by atoms with Crippen LogP contribution in [0, 0.1) is 0 Å². The smallest absolute Gasteiger partial charge is 0.335 e. The predicted molar refractivity (Wildman–Crippen MR) is 506 cm³/mol. The van der Waals surface area contributed by atoms with Gasteiger partial charge in [0, 0.05) is 79.4 Å². The number of aromatic carboxylic acids is 2. The van der Waals surface area contributed by atoms with Crippen molar-refractivity contribution in [1.29, 1.82) is 0 Å². The molecule has 0 spiro atoms. The molecule has 6 atom stereocenters. The monoisotopic (exact) mass is 1910 g/mol. The van der Waals surface area contributed by atoms with Gasteiger partial charge in [-0.2, -0.15) is 0 Å². The molecule has 124 heavy (non-hydrogen) atoms. The lowest BCUT2D eigenvalue weighted by Gasteiger charge is -2.18. The lowest BCUT2D eigenvalue weighted by Crippen LogP contribution is -2.44. The van der Waals surface area contributed by atoms with E-state index >= 15 is 0 Å². The Morgan fingerprint density at radius 1 is 0.242 bits per heavy atom. The minimum Gasteiger partial charge on any atom is -0.480 e. The second-order valence-corrected chi connectivity index (χ2v) is 40.4. The standard InChI is InChI=1S/C86H120N6O22S10/c1-3-5-7-9-11-13-15-17-19-21-23-25-27-29-31-33-55-35-57(39-65(37-55)79(99)100)47-119-121-51-69(83(107)108)89-75(95)61-41-59(73(93)87-67(49-117-115)81(103)104)43-63(45-61)77(97)91-71(85(111)112)53-123-124-54-72(86(113)114)92-78(98)64-44-60(74(94)88-68(50-118-116)82(105)106)42-62(46-64)76(96)90-70(84(109)110)52-122-120-48-58-36-56(38-66(40-58)80(101)102)34-32-30-28-26-24-22-20-18-16-14-12-10-8-6-4-2/h35-46,67-72,115-116H,3-34,47-54H2,1-2H3,(H,87,93)(H,88,94)(H,89,95)(H,90,96)(H,91,97)(H,92,98)(H,99,100)(H,101,102)(H,103,104)(H,105,106)(H,107,108)(H,109,110)(H,111,112)(H,113,114)/t67-,68-,69-,70-,71-,72-/m0/s1. The first-order valence-electron chi connectivity index (χ1n) is 42.0. The molecule has 0 aromatic heterocycles. The number of amides is 6. The minimum absolute atomic E-state index is 0.104. The van der Waals surface area contributed by atoms with Gasteiger partial charge in [0.05, 0.1) is 11.1 Å². The molecule has 4 aromatic rings. The van der Waals surface area contributed by atoms with E-state index in [9.17, 15) is 108 Å². The zero-order valence-electron chi connectivity index (χ0n) is 70.1. The number of aliphatic carboxylic acids is 6. The first-order chi connectivity index (χ1) is 59.5. The SMILES string of the molecule is CCCCCCCCCCCCCCCCCc1cc(CSSC[C@H](NC(=O)c2cc(C(=O)N[C@@H](CSS)C(=O)O)cc(C(=O)N[C@@H](CSSC[C@H](NC(=O)c3cc(C(=O)N[C@@H](CSS)C(=O)O)cc(C(=O)N[C@@H](CSSCc4cc(CCCCCCCCCCCCCCCCC)cc(C(=O)O)c4)C(=O)O)c3)C(=O)O)C(=O)O)c2)C(=O)O)cc(C(=O)O)c1. The Balaban J connectivity index is 1.42. The zero-order chi connectivity index (χ0) is 91.1. The minimum atomic E-state index is -1.82. The van der Waals surface area contributed by atoms with Crippen molar-refractivity contribution >= 4 is 193 Å². The Hall–Kier alpha value is -7.04. The molecule has 6 amide bonds. The zero-order valence-corrected chi connectivity index (χ0v) is 78.5. The number of rotatable bonds is 71. The second-order valence-electron chi connectivity index (χ2n) is 30.1. The number of hydrogen-bond acceptors (Lipinski definition) is 24. The summed E-state index contributed by atoms with van der Waals surface area (Å²) in [4.78, 5) is 183. The predicted octanol–water partition coefficient (Wildman–Crippen LogP) is 17.4. The molecule has 4 rings (SSSR count). The molecule has 0 aliphatic carbocycles. The van der Waals surface area contributed by atoms with E-state index in [2.05, 4.69) is 69.1 Å². The number of unbranched alkanes of at least 4 members (excludes halogenated alkanes) is 28. The fraction of sp³-hybridized carbons (Fsp3) is 0.558. The third-order valence-corrected chi connectivity index (χ3v) is 28.9. The van der Waals surface area contributed by atoms with Crippen molar-refractivity contribution in [2.45, 2.75) is 267 Å². The van der Waals surface area contributed by atoms with Gasteiger partial charge in [0.2, 0.25) is 0 Å². The first kappa shape index (κ1) is 109. The van der Waals surface area contributed by atoms with Gasteiger partial charge < -0.3 is 72.8 Å². The maximum Gasteiger partial charge on any atom is 0.335 e. The van der Waals surface area contributed by atoms with Crippen molar-refractivity contribution in [2.75, 3.05) is 34.5 Å². The van der Waals surface area contributed by atoms with Gasteiger partial charge in [0.15, 0.2) is 0 Å². The molecule has 0 saturated carbocycles. The summed E-state index contributed by atoms with van der Waals surface area (Å²) >= 11 is 7.96. The molecule has 0 fully saturated rings. The molecule has 686 valence electrons. The average molecular weight is 1910 g/mol. The van der Waals surface area contributed by atoms with Crippen molar-refractivity contribution < 1.29 is 108 Å². The van der Waals surface area contributed by atoms with Crippen LogP contribution in [-0.4, -0.2) is 195 Å². The number of aryl methyl sites for hydroxylation is 2. The highest BCUT2D eigenvalue weighted by Crippen LogP contribution is 2.32. The van der Waals surface area contributed by atoms with Crippen molar-refractivity contribution in [1.82, 2.24) is 31.9 Å². The van der Waals surface area contributed by atoms with Crippen LogP contribution in [0.5, 0.6) is 0 Å². The number of hydrogen-bond donors (Lipinski definition) is 16. The Morgan fingerprint density at radius 3 is 0.621 bits per heavy atom. The van der Waals surface area contributed by atoms with Gasteiger partial charge in [-0.3, -0.25) is 28.8 Å². The molecule has 0 bridgehead atoms. The van der Waals surface area contributed by atoms with E-state index in [-0.39, 0.29) is 45.6 Å². The van der Waals surface area contributed by atoms with Gasteiger partial charge in [-0.1, -0.05) is 292 Å². The van der Waals surface area contributed by atoms with Gasteiger partial charge in [-0.15, -0.1) is 23.3 Å². The van der Waals surface area contributed by atoms with Crippen LogP contribution in [0.25, 0.3) is 0 Å². The maximum absolute atomic E-state index is 14.1. The number of carbonyl (C=O) groups excluding carboxylic acids is 6. The quantitative estimate of drug-likeness (QED) is 0.0111. The van der Waals surface area contributed by atoms with Gasteiger partial charge in [-0.25, -0.2) is 38.4 Å². The Bertz CT molecular complexity index is 3860. The fourth-order valence-corrected chi connectivity index (χ4v) is 21.4. The summed E-state index contributed by atoms with van der Waals surface area (Å²) in [5, 5.41) is 94.6. The van der Waals surface area contributed by atoms with Crippen LogP contribution >= 0.6 is 110 Å². The van der Waals surface area contributed by atoms with E-state index in [4.69, 9.17) is 0 Å². The summed E-state index contributed by atoms with van der Waals surface area (Å²) in [5.41, 5.74) is 0.243. The maximum atomic E-state index is 14.1. The summed E-state index contributed by atoms with van der Waals surface area (Å²) in [7, 11) is 7.46. The lowest BCUT2D eigenvalue weighted by atomic mass is 10.0. The molecule has 4 aromatic carbocycles. The summed E-state index contributed by atoms with van der Waals surface area (Å²) in [6.45, 7) is 4.45. The van der Waals surface area contributed by atoms with Crippen LogP contribution in [0.4, 0.5) is 0 Å². The van der Waals surface area contributed by atoms with Gasteiger partial charge in [0.1, 0.15) is 36.3 Å². The molecule has 0 aliphatic rings. The lowest BCUT2D eigenvalue weighted by molar-refractivity contribution is -0.139. The molecule has 38 heteroatoms. The highest BCUT2D eigenvalue weighted by atomic mass is 33.1. The number of nitrogens with one attached hydrogen (secondary N) is 6. The van der Waals surface area contributed by atoms with E-state index < -0.39 is 164 Å². The molecule has 0 saturated heterocycles. The topological polar surface area (TPSA) is 473 Å². The van der Waals surface area contributed by atoms with Crippen molar-refractivity contribution in [3.63, 3.8) is 0 Å². The van der Waals surface area contributed by atoms with Crippen LogP contribution < -0.4 is 31.9 Å². The summed E-state index contributed by atoms with van der Waals surface area (Å²) in [6, 6.07) is 5.86. The van der Waals surface area contributed by atoms with Crippen LogP contribution in [0.15, 0.2) is 72.8 Å². The molecule has 0 unspecified atom stereocenters. The van der Waals surface area contributed by atoms with Crippen LogP contribution in [0.2, 0.25) is 0 Å². The summed E-state index contributed by atoms with van der Waals surface area (Å²) in [6.07, 6.45) is 37.6. The third-order valence-electron chi connectivity index (χ3n) is 19.9. The normalized spacial score (nSPS) is 12.6. The molecular formula is C86H120N6O22S10. The molecule has 28 nitrogen and oxygen atoms in total. The Labute approximate surface area is 767 Å².